The Hall–Kier alpha value is -1.32. The molecule has 1 N–H and O–H groups in total. The number of aromatic nitrogens is 2. The van der Waals surface area contributed by atoms with Crippen LogP contribution >= 0.6 is 0 Å². The number of aryl methyl sites for hydroxylation is 1. The second-order valence-corrected chi connectivity index (χ2v) is 4.16. The molecule has 1 saturated carbocycles. The Morgan fingerprint density at radius 3 is 3.13 bits per heavy atom. The molecule has 1 aromatic rings. The number of hydrogen-bond acceptors (Lipinski definition) is 3. The lowest BCUT2D eigenvalue weighted by Crippen LogP contribution is -2.24. The average Bonchev–Trinajstić information content (AvgIpc) is 2.65. The molecular formula is C11H17N3O. The summed E-state index contributed by atoms with van der Waals surface area (Å²) in [5.41, 5.74) is 0.953. The van der Waals surface area contributed by atoms with Crippen molar-refractivity contribution in [2.45, 2.75) is 39.2 Å². The first-order chi connectivity index (χ1) is 7.31. The van der Waals surface area contributed by atoms with E-state index in [2.05, 4.69) is 14.7 Å². The van der Waals surface area contributed by atoms with Crippen molar-refractivity contribution >= 4 is 5.71 Å². The topological polar surface area (TPSA) is 50.4 Å². The molecule has 15 heavy (non-hydrogen) atoms. The maximum atomic E-state index is 8.92. The smallest absolute Gasteiger partial charge is 0.105 e. The zero-order valence-electron chi connectivity index (χ0n) is 9.06. The average molecular weight is 207 g/mol. The molecule has 82 valence electrons. The van der Waals surface area contributed by atoms with Crippen molar-refractivity contribution in [1.29, 1.82) is 0 Å². The zero-order chi connectivity index (χ0) is 10.7. The molecule has 2 rings (SSSR count). The van der Waals surface area contributed by atoms with E-state index in [9.17, 15) is 0 Å². The molecule has 1 aliphatic carbocycles. The second kappa shape index (κ2) is 4.47. The Kier molecular flexibility index (Phi) is 3.04. The third kappa shape index (κ3) is 2.19. The van der Waals surface area contributed by atoms with E-state index in [4.69, 9.17) is 5.21 Å². The molecule has 1 heterocycles. The maximum absolute atomic E-state index is 8.92. The maximum Gasteiger partial charge on any atom is 0.105 e. The molecule has 1 aliphatic rings. The van der Waals surface area contributed by atoms with Gasteiger partial charge in [-0.3, -0.25) is 0 Å². The fraction of sp³-hybridized carbons (Fsp3) is 0.636. The van der Waals surface area contributed by atoms with Crippen LogP contribution in [0.15, 0.2) is 17.5 Å². The molecule has 0 aromatic carbocycles. The van der Waals surface area contributed by atoms with Gasteiger partial charge in [-0.2, -0.15) is 0 Å². The van der Waals surface area contributed by atoms with Gasteiger partial charge in [0, 0.05) is 24.9 Å². The van der Waals surface area contributed by atoms with E-state index in [1.165, 1.54) is 6.42 Å². The van der Waals surface area contributed by atoms with Gasteiger partial charge in [-0.25, -0.2) is 4.98 Å². The molecule has 1 aromatic heterocycles. The molecule has 4 nitrogen and oxygen atoms in total. The summed E-state index contributed by atoms with van der Waals surface area (Å²) in [6.07, 6.45) is 8.25. The summed E-state index contributed by atoms with van der Waals surface area (Å²) in [4.78, 5) is 4.19. The number of oxime groups is 1. The predicted octanol–water partition coefficient (Wildman–Crippen LogP) is 2.21. The lowest BCUT2D eigenvalue weighted by atomic mass is 9.87. The molecule has 0 bridgehead atoms. The Morgan fingerprint density at radius 1 is 1.60 bits per heavy atom. The summed E-state index contributed by atoms with van der Waals surface area (Å²) in [6.45, 7) is 2.89. The van der Waals surface area contributed by atoms with Gasteiger partial charge in [0.25, 0.3) is 0 Å². The normalized spacial score (nSPS) is 24.6. The van der Waals surface area contributed by atoms with E-state index in [1.807, 2.05) is 19.3 Å². The Labute approximate surface area is 89.6 Å². The van der Waals surface area contributed by atoms with Crippen LogP contribution < -0.4 is 0 Å². The van der Waals surface area contributed by atoms with Crippen LogP contribution in [-0.4, -0.2) is 20.5 Å². The molecule has 0 saturated heterocycles. The highest BCUT2D eigenvalue weighted by atomic mass is 16.4. The van der Waals surface area contributed by atoms with Gasteiger partial charge < -0.3 is 9.77 Å². The van der Waals surface area contributed by atoms with Crippen molar-refractivity contribution in [3.8, 4) is 0 Å². The van der Waals surface area contributed by atoms with E-state index in [0.717, 1.165) is 37.3 Å². The van der Waals surface area contributed by atoms with Gasteiger partial charge in [-0.1, -0.05) is 11.6 Å². The quantitative estimate of drug-likeness (QED) is 0.597. The van der Waals surface area contributed by atoms with Crippen LogP contribution in [0.5, 0.6) is 0 Å². The molecule has 0 spiro atoms. The first-order valence-corrected chi connectivity index (χ1v) is 5.50. The van der Waals surface area contributed by atoms with Crippen molar-refractivity contribution in [2.75, 3.05) is 0 Å². The molecule has 1 unspecified atom stereocenters. The van der Waals surface area contributed by atoms with Crippen LogP contribution in [0.2, 0.25) is 0 Å². The third-order valence-corrected chi connectivity index (χ3v) is 3.18. The number of nitrogens with zero attached hydrogens (tertiary/aromatic N) is 3. The zero-order valence-corrected chi connectivity index (χ0v) is 9.06. The largest absolute Gasteiger partial charge is 0.411 e. The van der Waals surface area contributed by atoms with Crippen LogP contribution in [0.3, 0.4) is 0 Å². The van der Waals surface area contributed by atoms with E-state index < -0.39 is 0 Å². The molecule has 1 atom stereocenters. The van der Waals surface area contributed by atoms with Crippen molar-refractivity contribution in [3.63, 3.8) is 0 Å². The van der Waals surface area contributed by atoms with Crippen LogP contribution in [0.1, 0.15) is 31.5 Å². The summed E-state index contributed by atoms with van der Waals surface area (Å²) >= 11 is 0. The van der Waals surface area contributed by atoms with Gasteiger partial charge in [0.05, 0.1) is 5.71 Å². The second-order valence-electron chi connectivity index (χ2n) is 4.16. The van der Waals surface area contributed by atoms with Crippen LogP contribution in [0.25, 0.3) is 0 Å². The summed E-state index contributed by atoms with van der Waals surface area (Å²) in [5, 5.41) is 12.3. The monoisotopic (exact) mass is 207 g/mol. The lowest BCUT2D eigenvalue weighted by Gasteiger charge is -2.23. The Morgan fingerprint density at radius 2 is 2.47 bits per heavy atom. The fourth-order valence-corrected chi connectivity index (χ4v) is 2.23. The van der Waals surface area contributed by atoms with Gasteiger partial charge in [0.1, 0.15) is 5.82 Å². The van der Waals surface area contributed by atoms with E-state index in [-0.39, 0.29) is 0 Å². The SMILES string of the molecule is Cc1nccn1CC1CCCCC1=NO. The standard InChI is InChI=1S/C11H17N3O/c1-9-12-6-7-14(9)8-10-4-2-3-5-11(10)13-15/h6-7,10,15H,2-5,8H2,1H3. The van der Waals surface area contributed by atoms with E-state index in [1.54, 1.807) is 0 Å². The summed E-state index contributed by atoms with van der Waals surface area (Å²) in [7, 11) is 0. The fourth-order valence-electron chi connectivity index (χ4n) is 2.23. The summed E-state index contributed by atoms with van der Waals surface area (Å²) in [6, 6.07) is 0. The van der Waals surface area contributed by atoms with Gasteiger partial charge in [0.15, 0.2) is 0 Å². The third-order valence-electron chi connectivity index (χ3n) is 3.18. The molecular weight excluding hydrogens is 190 g/mol. The van der Waals surface area contributed by atoms with Gasteiger partial charge in [-0.05, 0) is 26.2 Å². The van der Waals surface area contributed by atoms with Crippen LogP contribution in [0.4, 0.5) is 0 Å². The predicted molar refractivity (Wildman–Crippen MR) is 58.1 cm³/mol. The highest BCUT2D eigenvalue weighted by molar-refractivity contribution is 5.86. The molecule has 0 radical (unpaired) electrons. The highest BCUT2D eigenvalue weighted by Gasteiger charge is 2.21. The molecule has 0 amide bonds. The van der Waals surface area contributed by atoms with Gasteiger partial charge in [0.2, 0.25) is 0 Å². The molecule has 4 heteroatoms. The van der Waals surface area contributed by atoms with Gasteiger partial charge in [-0.15, -0.1) is 0 Å². The van der Waals surface area contributed by atoms with Crippen LogP contribution in [-0.2, 0) is 6.54 Å². The number of rotatable bonds is 2. The van der Waals surface area contributed by atoms with Crippen molar-refractivity contribution in [3.05, 3.63) is 18.2 Å². The number of hydrogen-bond donors (Lipinski definition) is 1. The Balaban J connectivity index is 2.07. The van der Waals surface area contributed by atoms with E-state index in [0.29, 0.717) is 5.92 Å². The van der Waals surface area contributed by atoms with Crippen LogP contribution in [0, 0.1) is 12.8 Å². The molecule has 1 fully saturated rings. The first-order valence-electron chi connectivity index (χ1n) is 5.50. The number of imidazole rings is 1. The molecule has 0 aliphatic heterocycles. The van der Waals surface area contributed by atoms with Crippen molar-refractivity contribution in [1.82, 2.24) is 9.55 Å². The van der Waals surface area contributed by atoms with E-state index >= 15 is 0 Å². The lowest BCUT2D eigenvalue weighted by molar-refractivity contribution is 0.306. The summed E-state index contributed by atoms with van der Waals surface area (Å²) in [5.74, 6) is 1.41. The minimum atomic E-state index is 0.386. The minimum Gasteiger partial charge on any atom is -0.411 e. The van der Waals surface area contributed by atoms with Gasteiger partial charge >= 0.3 is 0 Å². The van der Waals surface area contributed by atoms with Crippen molar-refractivity contribution in [2.24, 2.45) is 11.1 Å². The highest BCUT2D eigenvalue weighted by Crippen LogP contribution is 2.23. The van der Waals surface area contributed by atoms with Crippen molar-refractivity contribution < 1.29 is 5.21 Å². The minimum absolute atomic E-state index is 0.386. The summed E-state index contributed by atoms with van der Waals surface area (Å²) < 4.78 is 2.13. The Bertz CT molecular complexity index is 356. The first kappa shape index (κ1) is 10.2.